The highest BCUT2D eigenvalue weighted by Gasteiger charge is 2.35. The Labute approximate surface area is 107 Å². The maximum absolute atomic E-state index is 12.7. The van der Waals surface area contributed by atoms with E-state index in [2.05, 4.69) is 10.3 Å². The minimum Gasteiger partial charge on any atom is -0.365 e. The van der Waals surface area contributed by atoms with E-state index in [1.165, 1.54) is 0 Å². The van der Waals surface area contributed by atoms with Gasteiger partial charge in [-0.15, -0.1) is 0 Å². The van der Waals surface area contributed by atoms with Crippen molar-refractivity contribution in [3.8, 4) is 0 Å². The van der Waals surface area contributed by atoms with Crippen LogP contribution in [0.2, 0.25) is 0 Å². The van der Waals surface area contributed by atoms with E-state index in [1.807, 2.05) is 0 Å². The summed E-state index contributed by atoms with van der Waals surface area (Å²) in [5, 5.41) is 3.00. The fraction of sp³-hybridized carbons (Fsp3) is 0.455. The number of nitrogens with one attached hydrogen (secondary N) is 1. The Bertz CT molecular complexity index is 499. The van der Waals surface area contributed by atoms with Crippen molar-refractivity contribution in [1.82, 2.24) is 10.3 Å². The van der Waals surface area contributed by atoms with Gasteiger partial charge in [0.2, 0.25) is 0 Å². The molecule has 1 fully saturated rings. The van der Waals surface area contributed by atoms with Crippen molar-refractivity contribution in [2.24, 2.45) is 5.73 Å². The second-order valence-corrected chi connectivity index (χ2v) is 4.35. The highest BCUT2D eigenvalue weighted by atomic mass is 19.4. The van der Waals surface area contributed by atoms with Crippen molar-refractivity contribution in [2.75, 3.05) is 25.0 Å². The van der Waals surface area contributed by atoms with Crippen molar-refractivity contribution < 1.29 is 18.0 Å². The Hall–Kier alpha value is -1.83. The van der Waals surface area contributed by atoms with Crippen molar-refractivity contribution in [3.63, 3.8) is 0 Å². The van der Waals surface area contributed by atoms with Crippen LogP contribution < -0.4 is 16.0 Å². The minimum absolute atomic E-state index is 0.00841. The van der Waals surface area contributed by atoms with Crippen LogP contribution in [0.25, 0.3) is 0 Å². The first-order valence-electron chi connectivity index (χ1n) is 5.62. The first kappa shape index (κ1) is 13.6. The third kappa shape index (κ3) is 2.62. The Morgan fingerprint density at radius 3 is 2.53 bits per heavy atom. The topological polar surface area (TPSA) is 71.2 Å². The monoisotopic (exact) mass is 274 g/mol. The van der Waals surface area contributed by atoms with Crippen LogP contribution in [0, 0.1) is 0 Å². The molecule has 0 saturated carbocycles. The van der Waals surface area contributed by atoms with Gasteiger partial charge >= 0.3 is 6.18 Å². The summed E-state index contributed by atoms with van der Waals surface area (Å²) in [6.45, 7) is 1.26. The van der Waals surface area contributed by atoms with Gasteiger partial charge in [0.15, 0.2) is 0 Å². The molecular formula is C11H13F3N4O. The van der Waals surface area contributed by atoms with E-state index in [1.54, 1.807) is 11.9 Å². The van der Waals surface area contributed by atoms with Crippen molar-refractivity contribution in [2.45, 2.75) is 12.2 Å². The standard InChI is InChI=1S/C11H13F3N4O/c1-18(6-4-16-5-6)10-7(9(15)19)2-3-8(17-10)11(12,13)14/h2-3,6,16H,4-5H2,1H3,(H2,15,19). The number of nitrogens with two attached hydrogens (primary N) is 1. The highest BCUT2D eigenvalue weighted by molar-refractivity contribution is 5.97. The molecule has 2 heterocycles. The molecule has 0 unspecified atom stereocenters. The average molecular weight is 274 g/mol. The summed E-state index contributed by atoms with van der Waals surface area (Å²) in [4.78, 5) is 16.4. The summed E-state index contributed by atoms with van der Waals surface area (Å²) in [6.07, 6.45) is -4.55. The van der Waals surface area contributed by atoms with Gasteiger partial charge in [0.05, 0.1) is 11.6 Å². The lowest BCUT2D eigenvalue weighted by Crippen LogP contribution is -2.56. The van der Waals surface area contributed by atoms with E-state index in [4.69, 9.17) is 5.73 Å². The van der Waals surface area contributed by atoms with Crippen LogP contribution in [0.4, 0.5) is 19.0 Å². The van der Waals surface area contributed by atoms with Gasteiger partial charge in [-0.1, -0.05) is 0 Å². The normalized spacial score (nSPS) is 16.0. The highest BCUT2D eigenvalue weighted by Crippen LogP contribution is 2.30. The van der Waals surface area contributed by atoms with Gasteiger partial charge in [-0.2, -0.15) is 13.2 Å². The lowest BCUT2D eigenvalue weighted by Gasteiger charge is -2.37. The molecule has 1 amide bonds. The molecule has 2 rings (SSSR count). The Balaban J connectivity index is 2.44. The molecule has 0 radical (unpaired) electrons. The molecule has 1 aliphatic heterocycles. The van der Waals surface area contributed by atoms with Crippen LogP contribution >= 0.6 is 0 Å². The summed E-state index contributed by atoms with van der Waals surface area (Å²) in [5.74, 6) is -0.829. The number of halogens is 3. The predicted molar refractivity (Wildman–Crippen MR) is 62.8 cm³/mol. The van der Waals surface area contributed by atoms with Gasteiger partial charge in [0.1, 0.15) is 11.5 Å². The smallest absolute Gasteiger partial charge is 0.365 e. The molecule has 0 bridgehead atoms. The Kier molecular flexibility index (Phi) is 3.36. The number of likely N-dealkylation sites (N-methyl/N-ethyl adjacent to an activating group) is 1. The van der Waals surface area contributed by atoms with Gasteiger partial charge in [-0.05, 0) is 12.1 Å². The molecule has 104 valence electrons. The molecular weight excluding hydrogens is 261 g/mol. The molecule has 0 atom stereocenters. The number of hydrogen-bond donors (Lipinski definition) is 2. The molecule has 3 N–H and O–H groups in total. The minimum atomic E-state index is -4.55. The van der Waals surface area contributed by atoms with Gasteiger partial charge < -0.3 is 16.0 Å². The van der Waals surface area contributed by atoms with Gasteiger partial charge in [0, 0.05) is 20.1 Å². The maximum atomic E-state index is 12.7. The number of nitrogens with zero attached hydrogens (tertiary/aromatic N) is 2. The fourth-order valence-electron chi connectivity index (χ4n) is 1.79. The number of primary amides is 1. The number of pyridine rings is 1. The quantitative estimate of drug-likeness (QED) is 0.847. The molecule has 8 heteroatoms. The first-order valence-corrected chi connectivity index (χ1v) is 5.62. The summed E-state index contributed by atoms with van der Waals surface area (Å²) >= 11 is 0. The van der Waals surface area contributed by atoms with Crippen molar-refractivity contribution in [3.05, 3.63) is 23.4 Å². The molecule has 1 aromatic rings. The third-order valence-electron chi connectivity index (χ3n) is 3.07. The molecule has 0 aromatic carbocycles. The number of aromatic nitrogens is 1. The molecule has 1 aliphatic rings. The SMILES string of the molecule is CN(c1nc(C(F)(F)F)ccc1C(N)=O)C1CNC1. The average Bonchev–Trinajstić information content (AvgIpc) is 2.24. The number of amides is 1. The molecule has 0 aliphatic carbocycles. The van der Waals surface area contributed by atoms with Crippen LogP contribution in [0.3, 0.4) is 0 Å². The molecule has 1 saturated heterocycles. The van der Waals surface area contributed by atoms with Gasteiger partial charge in [-0.25, -0.2) is 4.98 Å². The van der Waals surface area contributed by atoms with Crippen molar-refractivity contribution in [1.29, 1.82) is 0 Å². The van der Waals surface area contributed by atoms with E-state index in [-0.39, 0.29) is 17.4 Å². The predicted octanol–water partition coefficient (Wildman–Crippen LogP) is 0.607. The molecule has 19 heavy (non-hydrogen) atoms. The molecule has 1 aromatic heterocycles. The van der Waals surface area contributed by atoms with Crippen LogP contribution in [0.15, 0.2) is 12.1 Å². The number of hydrogen-bond acceptors (Lipinski definition) is 4. The lowest BCUT2D eigenvalue weighted by atomic mass is 10.1. The number of alkyl halides is 3. The van der Waals surface area contributed by atoms with Crippen LogP contribution in [-0.2, 0) is 6.18 Å². The number of carbonyl (C=O) groups is 1. The van der Waals surface area contributed by atoms with Crippen molar-refractivity contribution >= 4 is 11.7 Å². The van der Waals surface area contributed by atoms with E-state index < -0.39 is 17.8 Å². The van der Waals surface area contributed by atoms with E-state index in [0.717, 1.165) is 12.1 Å². The first-order chi connectivity index (χ1) is 8.80. The van der Waals surface area contributed by atoms with Gasteiger partial charge in [-0.3, -0.25) is 4.79 Å². The van der Waals surface area contributed by atoms with Crippen LogP contribution in [0.1, 0.15) is 16.1 Å². The zero-order valence-electron chi connectivity index (χ0n) is 10.2. The largest absolute Gasteiger partial charge is 0.433 e. The van der Waals surface area contributed by atoms with E-state index >= 15 is 0 Å². The zero-order chi connectivity index (χ0) is 14.2. The number of anilines is 1. The third-order valence-corrected chi connectivity index (χ3v) is 3.07. The molecule has 0 spiro atoms. The van der Waals surface area contributed by atoms with Crippen LogP contribution in [0.5, 0.6) is 0 Å². The lowest BCUT2D eigenvalue weighted by molar-refractivity contribution is -0.141. The Morgan fingerprint density at radius 2 is 2.11 bits per heavy atom. The summed E-state index contributed by atoms with van der Waals surface area (Å²) in [7, 11) is 1.60. The second-order valence-electron chi connectivity index (χ2n) is 4.35. The van der Waals surface area contributed by atoms with Gasteiger partial charge in [0.25, 0.3) is 5.91 Å². The fourth-order valence-corrected chi connectivity index (χ4v) is 1.79. The summed E-state index contributed by atoms with van der Waals surface area (Å²) < 4.78 is 38.0. The summed E-state index contributed by atoms with van der Waals surface area (Å²) in [6, 6.07) is 1.83. The number of carbonyl (C=O) groups excluding carboxylic acids is 1. The zero-order valence-corrected chi connectivity index (χ0v) is 10.2. The molecule has 5 nitrogen and oxygen atoms in total. The van der Waals surface area contributed by atoms with E-state index in [9.17, 15) is 18.0 Å². The van der Waals surface area contributed by atoms with Crippen LogP contribution in [-0.4, -0.2) is 37.1 Å². The second kappa shape index (κ2) is 4.69. The Morgan fingerprint density at radius 1 is 1.47 bits per heavy atom. The maximum Gasteiger partial charge on any atom is 0.433 e. The van der Waals surface area contributed by atoms with E-state index in [0.29, 0.717) is 13.1 Å². The summed E-state index contributed by atoms with van der Waals surface area (Å²) in [5.41, 5.74) is 4.12. The number of rotatable bonds is 3.